The third kappa shape index (κ3) is 5.12. The van der Waals surface area contributed by atoms with Gasteiger partial charge in [-0.05, 0) is 56.0 Å². The number of hydrogen-bond acceptors (Lipinski definition) is 4. The first-order valence-corrected chi connectivity index (χ1v) is 12.5. The van der Waals surface area contributed by atoms with Gasteiger partial charge in [-0.25, -0.2) is 8.42 Å². The van der Waals surface area contributed by atoms with Gasteiger partial charge in [-0.3, -0.25) is 9.59 Å². The van der Waals surface area contributed by atoms with Crippen molar-refractivity contribution in [2.24, 2.45) is 5.92 Å². The summed E-state index contributed by atoms with van der Waals surface area (Å²) in [5.41, 5.74) is -0.419. The number of aromatic nitrogens is 1. The van der Waals surface area contributed by atoms with Gasteiger partial charge < -0.3 is 15.2 Å². The molecule has 184 valence electrons. The van der Waals surface area contributed by atoms with Crippen molar-refractivity contribution in [1.29, 1.82) is 0 Å². The maximum atomic E-state index is 13.1. The number of halogens is 3. The van der Waals surface area contributed by atoms with Gasteiger partial charge in [0.15, 0.2) is 0 Å². The Labute approximate surface area is 195 Å². The molecule has 2 aliphatic heterocycles. The quantitative estimate of drug-likeness (QED) is 0.660. The molecule has 1 atom stereocenters. The van der Waals surface area contributed by atoms with Crippen LogP contribution >= 0.6 is 0 Å². The molecule has 2 amide bonds. The number of amides is 2. The fraction of sp³-hybridized carbons (Fsp3) is 0.455. The molecule has 0 saturated carbocycles. The predicted octanol–water partition coefficient (Wildman–Crippen LogP) is 3.31. The Kier molecular flexibility index (Phi) is 6.72. The first kappa shape index (κ1) is 24.3. The van der Waals surface area contributed by atoms with Crippen LogP contribution in [0.15, 0.2) is 41.4 Å². The molecule has 0 bridgehead atoms. The Morgan fingerprint density at radius 3 is 2.35 bits per heavy atom. The SMILES string of the molecule is O=C(Nc1ccc(C(F)(F)F)cc1)C1CCCN(S(=O)(=O)c2c[nH]c(C(=O)N3CCCC3)c2)C1. The normalized spacial score (nSPS) is 19.9. The fourth-order valence-electron chi connectivity index (χ4n) is 4.25. The van der Waals surface area contributed by atoms with Gasteiger partial charge >= 0.3 is 6.18 Å². The third-order valence-electron chi connectivity index (χ3n) is 6.15. The van der Waals surface area contributed by atoms with Gasteiger partial charge in [0.2, 0.25) is 15.9 Å². The van der Waals surface area contributed by atoms with E-state index in [4.69, 9.17) is 0 Å². The molecule has 1 unspecified atom stereocenters. The average Bonchev–Trinajstić information content (AvgIpc) is 3.51. The van der Waals surface area contributed by atoms with Crippen LogP contribution in [-0.2, 0) is 21.0 Å². The first-order valence-electron chi connectivity index (χ1n) is 11.0. The highest BCUT2D eigenvalue weighted by Crippen LogP contribution is 2.30. The van der Waals surface area contributed by atoms with Crippen molar-refractivity contribution in [3.05, 3.63) is 47.8 Å². The van der Waals surface area contributed by atoms with E-state index in [0.29, 0.717) is 25.9 Å². The summed E-state index contributed by atoms with van der Waals surface area (Å²) in [6.07, 6.45) is -0.455. The standard InChI is InChI=1S/C22H25F3N4O4S/c23-22(24,25)16-5-7-17(8-6-16)27-20(30)15-4-3-11-29(14-15)34(32,33)18-12-19(26-13-18)21(31)28-9-1-2-10-28/h5-8,12-13,15,26H,1-4,9-11,14H2,(H,27,30). The Bertz CT molecular complexity index is 1160. The molecular formula is C22H25F3N4O4S. The molecule has 0 aliphatic carbocycles. The van der Waals surface area contributed by atoms with Crippen molar-refractivity contribution >= 4 is 27.5 Å². The number of aromatic amines is 1. The van der Waals surface area contributed by atoms with Crippen molar-refractivity contribution in [3.8, 4) is 0 Å². The second-order valence-electron chi connectivity index (χ2n) is 8.51. The summed E-state index contributed by atoms with van der Waals surface area (Å²) in [6.45, 7) is 1.45. The summed E-state index contributed by atoms with van der Waals surface area (Å²) in [4.78, 5) is 29.6. The van der Waals surface area contributed by atoms with Crippen LogP contribution in [-0.4, -0.2) is 60.6 Å². The lowest BCUT2D eigenvalue weighted by atomic mass is 9.98. The number of anilines is 1. The highest BCUT2D eigenvalue weighted by Gasteiger charge is 2.35. The van der Waals surface area contributed by atoms with E-state index in [2.05, 4.69) is 10.3 Å². The van der Waals surface area contributed by atoms with Gasteiger partial charge in [-0.1, -0.05) is 0 Å². The van der Waals surface area contributed by atoms with Crippen LogP contribution in [0.3, 0.4) is 0 Å². The zero-order valence-corrected chi connectivity index (χ0v) is 19.1. The maximum Gasteiger partial charge on any atom is 0.416 e. The largest absolute Gasteiger partial charge is 0.416 e. The third-order valence-corrected chi connectivity index (χ3v) is 8.00. The topological polar surface area (TPSA) is 103 Å². The molecular weight excluding hydrogens is 473 g/mol. The first-order chi connectivity index (χ1) is 16.1. The number of benzene rings is 1. The van der Waals surface area contributed by atoms with E-state index in [0.717, 1.165) is 37.1 Å². The van der Waals surface area contributed by atoms with Gasteiger partial charge in [0.1, 0.15) is 10.6 Å². The minimum Gasteiger partial charge on any atom is -0.356 e. The summed E-state index contributed by atoms with van der Waals surface area (Å²) < 4.78 is 65.7. The number of alkyl halides is 3. The highest BCUT2D eigenvalue weighted by atomic mass is 32.2. The number of sulfonamides is 1. The molecule has 2 aliphatic rings. The molecule has 2 fully saturated rings. The van der Waals surface area contributed by atoms with E-state index >= 15 is 0 Å². The molecule has 2 saturated heterocycles. The van der Waals surface area contributed by atoms with Crippen LogP contribution in [0.1, 0.15) is 41.7 Å². The number of carbonyl (C=O) groups is 2. The van der Waals surface area contributed by atoms with Crippen molar-refractivity contribution in [2.45, 2.75) is 36.8 Å². The minimum absolute atomic E-state index is 0.0427. The molecule has 3 heterocycles. The van der Waals surface area contributed by atoms with E-state index < -0.39 is 33.6 Å². The number of nitrogens with zero attached hydrogens (tertiary/aromatic N) is 2. The maximum absolute atomic E-state index is 13.1. The number of nitrogens with one attached hydrogen (secondary N) is 2. The van der Waals surface area contributed by atoms with E-state index in [1.54, 1.807) is 4.90 Å². The molecule has 1 aromatic heterocycles. The van der Waals surface area contributed by atoms with Crippen LogP contribution in [0.25, 0.3) is 0 Å². The molecule has 12 heteroatoms. The van der Waals surface area contributed by atoms with Gasteiger partial charge in [0, 0.05) is 38.1 Å². The van der Waals surface area contributed by atoms with Gasteiger partial charge in [0.25, 0.3) is 5.91 Å². The summed E-state index contributed by atoms with van der Waals surface area (Å²) in [5.74, 6) is -1.36. The van der Waals surface area contributed by atoms with E-state index in [1.807, 2.05) is 0 Å². The number of carbonyl (C=O) groups excluding carboxylic acids is 2. The molecule has 4 rings (SSSR count). The van der Waals surface area contributed by atoms with Crippen LogP contribution in [0.5, 0.6) is 0 Å². The van der Waals surface area contributed by atoms with Crippen molar-refractivity contribution in [1.82, 2.24) is 14.2 Å². The van der Waals surface area contributed by atoms with Crippen molar-refractivity contribution in [2.75, 3.05) is 31.5 Å². The summed E-state index contributed by atoms with van der Waals surface area (Å²) in [6, 6.07) is 5.40. The Hall–Kier alpha value is -2.86. The van der Waals surface area contributed by atoms with Crippen LogP contribution in [0, 0.1) is 5.92 Å². The Morgan fingerprint density at radius 1 is 1.03 bits per heavy atom. The molecule has 2 N–H and O–H groups in total. The highest BCUT2D eigenvalue weighted by molar-refractivity contribution is 7.89. The van der Waals surface area contributed by atoms with Crippen molar-refractivity contribution < 1.29 is 31.2 Å². The zero-order chi connectivity index (χ0) is 24.5. The predicted molar refractivity (Wildman–Crippen MR) is 117 cm³/mol. The molecule has 0 spiro atoms. The van der Waals surface area contributed by atoms with E-state index in [1.165, 1.54) is 16.6 Å². The smallest absolute Gasteiger partial charge is 0.356 e. The minimum atomic E-state index is -4.47. The van der Waals surface area contributed by atoms with Crippen molar-refractivity contribution in [3.63, 3.8) is 0 Å². The second kappa shape index (κ2) is 9.41. The van der Waals surface area contributed by atoms with E-state index in [9.17, 15) is 31.2 Å². The van der Waals surface area contributed by atoms with Crippen LogP contribution in [0.4, 0.5) is 18.9 Å². The Morgan fingerprint density at radius 2 is 1.71 bits per heavy atom. The van der Waals surface area contributed by atoms with Crippen LogP contribution < -0.4 is 5.32 Å². The van der Waals surface area contributed by atoms with Gasteiger partial charge in [-0.2, -0.15) is 17.5 Å². The lowest BCUT2D eigenvalue weighted by Gasteiger charge is -2.31. The second-order valence-corrected chi connectivity index (χ2v) is 10.5. The monoisotopic (exact) mass is 498 g/mol. The fourth-order valence-corrected chi connectivity index (χ4v) is 5.77. The van der Waals surface area contributed by atoms with E-state index in [-0.39, 0.29) is 35.3 Å². The number of hydrogen-bond donors (Lipinski definition) is 2. The molecule has 34 heavy (non-hydrogen) atoms. The van der Waals surface area contributed by atoms with Gasteiger partial charge in [-0.15, -0.1) is 0 Å². The number of piperidine rings is 1. The number of likely N-dealkylation sites (tertiary alicyclic amines) is 1. The molecule has 8 nitrogen and oxygen atoms in total. The van der Waals surface area contributed by atoms with Gasteiger partial charge in [0.05, 0.1) is 11.5 Å². The Balaban J connectivity index is 1.41. The summed E-state index contributed by atoms with van der Waals surface area (Å²) in [7, 11) is -3.93. The van der Waals surface area contributed by atoms with Crippen LogP contribution in [0.2, 0.25) is 0 Å². The number of H-pyrrole nitrogens is 1. The lowest BCUT2D eigenvalue weighted by Crippen LogP contribution is -2.43. The summed E-state index contributed by atoms with van der Waals surface area (Å²) >= 11 is 0. The average molecular weight is 499 g/mol. The summed E-state index contributed by atoms with van der Waals surface area (Å²) in [5, 5.41) is 2.57. The molecule has 0 radical (unpaired) electrons. The molecule has 2 aromatic rings. The zero-order valence-electron chi connectivity index (χ0n) is 18.3. The lowest BCUT2D eigenvalue weighted by molar-refractivity contribution is -0.137. The number of rotatable bonds is 5. The molecule has 1 aromatic carbocycles.